The van der Waals surface area contributed by atoms with Gasteiger partial charge in [0.05, 0.1) is 0 Å². The summed E-state index contributed by atoms with van der Waals surface area (Å²) in [5.74, 6) is 0.658. The molecule has 1 aliphatic carbocycles. The van der Waals surface area contributed by atoms with E-state index >= 15 is 0 Å². The van der Waals surface area contributed by atoms with Gasteiger partial charge in [0.2, 0.25) is 0 Å². The van der Waals surface area contributed by atoms with Gasteiger partial charge in [0.1, 0.15) is 5.82 Å². The molecule has 0 heterocycles. The van der Waals surface area contributed by atoms with Crippen LogP contribution in [-0.2, 0) is 6.54 Å². The topological polar surface area (TPSA) is 26.0 Å². The second kappa shape index (κ2) is 5.87. The molecule has 17 heavy (non-hydrogen) atoms. The van der Waals surface area contributed by atoms with Gasteiger partial charge >= 0.3 is 0 Å². The van der Waals surface area contributed by atoms with Crippen LogP contribution in [0.4, 0.5) is 4.39 Å². The van der Waals surface area contributed by atoms with Crippen LogP contribution in [0.3, 0.4) is 0 Å². The highest BCUT2D eigenvalue weighted by Crippen LogP contribution is 2.38. The molecule has 1 fully saturated rings. The predicted molar refractivity (Wildman–Crippen MR) is 71.6 cm³/mol. The first-order valence-corrected chi connectivity index (χ1v) is 7.22. The third-order valence-corrected chi connectivity index (χ3v) is 4.90. The number of hydrogen-bond donors (Lipinski definition) is 1. The van der Waals surface area contributed by atoms with Gasteiger partial charge in [0.15, 0.2) is 0 Å². The summed E-state index contributed by atoms with van der Waals surface area (Å²) in [6.07, 6.45) is 4.99. The van der Waals surface area contributed by atoms with Crippen molar-refractivity contribution in [1.82, 2.24) is 0 Å². The summed E-state index contributed by atoms with van der Waals surface area (Å²) in [6.45, 7) is 2.71. The van der Waals surface area contributed by atoms with Crippen LogP contribution in [0.2, 0.25) is 0 Å². The van der Waals surface area contributed by atoms with Crippen LogP contribution in [0.1, 0.15) is 38.2 Å². The summed E-state index contributed by atoms with van der Waals surface area (Å²) in [6, 6.07) is 5.20. The van der Waals surface area contributed by atoms with Gasteiger partial charge in [-0.15, -0.1) is 11.8 Å². The van der Waals surface area contributed by atoms with Crippen molar-refractivity contribution in [2.24, 2.45) is 11.7 Å². The smallest absolute Gasteiger partial charge is 0.137 e. The maximum absolute atomic E-state index is 13.8. The van der Waals surface area contributed by atoms with Gasteiger partial charge in [-0.1, -0.05) is 31.9 Å². The van der Waals surface area contributed by atoms with E-state index in [0.29, 0.717) is 11.8 Å². The van der Waals surface area contributed by atoms with Crippen molar-refractivity contribution < 1.29 is 4.39 Å². The van der Waals surface area contributed by atoms with E-state index in [4.69, 9.17) is 5.73 Å². The molecule has 0 aromatic heterocycles. The average molecular weight is 253 g/mol. The van der Waals surface area contributed by atoms with E-state index in [-0.39, 0.29) is 5.82 Å². The fourth-order valence-corrected chi connectivity index (χ4v) is 4.02. The monoisotopic (exact) mass is 253 g/mol. The first-order chi connectivity index (χ1) is 8.20. The fraction of sp³-hybridized carbons (Fsp3) is 0.571. The van der Waals surface area contributed by atoms with Gasteiger partial charge in [0.25, 0.3) is 0 Å². The van der Waals surface area contributed by atoms with E-state index in [1.54, 1.807) is 17.8 Å². The summed E-state index contributed by atoms with van der Waals surface area (Å²) in [5.41, 5.74) is 6.61. The zero-order valence-corrected chi connectivity index (χ0v) is 11.1. The number of hydrogen-bond acceptors (Lipinski definition) is 2. The van der Waals surface area contributed by atoms with Crippen LogP contribution in [0.25, 0.3) is 0 Å². The Labute approximate surface area is 107 Å². The Hall–Kier alpha value is -0.540. The molecule has 0 saturated heterocycles. The molecule has 0 radical (unpaired) electrons. The summed E-state index contributed by atoms with van der Waals surface area (Å²) in [4.78, 5) is 0.772. The molecular weight excluding hydrogens is 233 g/mol. The normalized spacial score (nSPS) is 24.9. The minimum Gasteiger partial charge on any atom is -0.326 e. The molecular formula is C14H20FNS. The van der Waals surface area contributed by atoms with Crippen LogP contribution in [0.5, 0.6) is 0 Å². The Balaban J connectivity index is 2.12. The molecule has 2 atom stereocenters. The Kier molecular flexibility index (Phi) is 4.46. The van der Waals surface area contributed by atoms with Crippen LogP contribution in [0, 0.1) is 11.7 Å². The maximum Gasteiger partial charge on any atom is 0.137 e. The van der Waals surface area contributed by atoms with Crippen LogP contribution in [0.15, 0.2) is 23.1 Å². The molecule has 0 aliphatic heterocycles. The Morgan fingerprint density at radius 3 is 2.94 bits per heavy atom. The van der Waals surface area contributed by atoms with Gasteiger partial charge in [-0.05, 0) is 30.4 Å². The van der Waals surface area contributed by atoms with Crippen LogP contribution < -0.4 is 5.73 Å². The van der Waals surface area contributed by atoms with Crippen molar-refractivity contribution in [2.75, 3.05) is 0 Å². The molecule has 1 nitrogen and oxygen atoms in total. The first-order valence-electron chi connectivity index (χ1n) is 6.34. The quantitative estimate of drug-likeness (QED) is 0.882. The fourth-order valence-electron chi connectivity index (χ4n) is 2.50. The van der Waals surface area contributed by atoms with Gasteiger partial charge in [-0.2, -0.15) is 0 Å². The van der Waals surface area contributed by atoms with Gasteiger partial charge in [-0.3, -0.25) is 0 Å². The Morgan fingerprint density at radius 1 is 1.41 bits per heavy atom. The van der Waals surface area contributed by atoms with Crippen molar-refractivity contribution >= 4 is 11.8 Å². The zero-order chi connectivity index (χ0) is 12.3. The first kappa shape index (κ1) is 12.9. The third-order valence-electron chi connectivity index (χ3n) is 3.44. The lowest BCUT2D eigenvalue weighted by atomic mass is 9.91. The number of halogens is 1. The van der Waals surface area contributed by atoms with Crippen molar-refractivity contribution in [3.05, 3.63) is 29.6 Å². The summed E-state index contributed by atoms with van der Waals surface area (Å²) >= 11 is 1.69. The second-order valence-electron chi connectivity index (χ2n) is 4.94. The highest BCUT2D eigenvalue weighted by atomic mass is 32.2. The SMILES string of the molecule is CC1CCCC(Sc2c(F)cccc2CN)C1. The molecule has 1 aromatic rings. The number of rotatable bonds is 3. The lowest BCUT2D eigenvalue weighted by molar-refractivity contribution is 0.394. The van der Waals surface area contributed by atoms with E-state index in [2.05, 4.69) is 6.92 Å². The Morgan fingerprint density at radius 2 is 2.24 bits per heavy atom. The van der Waals surface area contributed by atoms with E-state index in [1.807, 2.05) is 6.07 Å². The van der Waals surface area contributed by atoms with Crippen molar-refractivity contribution in [3.63, 3.8) is 0 Å². The van der Waals surface area contributed by atoms with Crippen molar-refractivity contribution in [2.45, 2.75) is 49.3 Å². The van der Waals surface area contributed by atoms with Gasteiger partial charge < -0.3 is 5.73 Å². The second-order valence-corrected chi connectivity index (χ2v) is 6.25. The molecule has 1 saturated carbocycles. The van der Waals surface area contributed by atoms with E-state index in [9.17, 15) is 4.39 Å². The molecule has 2 rings (SSSR count). The largest absolute Gasteiger partial charge is 0.326 e. The van der Waals surface area contributed by atoms with Crippen molar-refractivity contribution in [1.29, 1.82) is 0 Å². The molecule has 2 unspecified atom stereocenters. The minimum absolute atomic E-state index is 0.115. The van der Waals surface area contributed by atoms with E-state index in [1.165, 1.54) is 31.7 Å². The van der Waals surface area contributed by atoms with Gasteiger partial charge in [0, 0.05) is 16.7 Å². The third kappa shape index (κ3) is 3.23. The molecule has 0 spiro atoms. The summed E-state index contributed by atoms with van der Waals surface area (Å²) in [7, 11) is 0. The van der Waals surface area contributed by atoms with Crippen molar-refractivity contribution in [3.8, 4) is 0 Å². The number of benzene rings is 1. The standard InChI is InChI=1S/C14H20FNS/c1-10-4-2-6-12(8-10)17-14-11(9-16)5-3-7-13(14)15/h3,5,7,10,12H,2,4,6,8-9,16H2,1H3. The predicted octanol–water partition coefficient (Wildman–Crippen LogP) is 3.96. The molecule has 0 amide bonds. The number of nitrogens with two attached hydrogens (primary N) is 1. The number of thioether (sulfide) groups is 1. The Bertz CT molecular complexity index is 380. The lowest BCUT2D eigenvalue weighted by Crippen LogP contribution is -2.15. The molecule has 94 valence electrons. The summed E-state index contributed by atoms with van der Waals surface area (Å²) < 4.78 is 13.8. The molecule has 1 aliphatic rings. The molecule has 3 heteroatoms. The average Bonchev–Trinajstić information content (AvgIpc) is 2.32. The lowest BCUT2D eigenvalue weighted by Gasteiger charge is -2.26. The van der Waals surface area contributed by atoms with Crippen LogP contribution in [-0.4, -0.2) is 5.25 Å². The zero-order valence-electron chi connectivity index (χ0n) is 10.3. The van der Waals surface area contributed by atoms with Gasteiger partial charge in [-0.25, -0.2) is 4.39 Å². The molecule has 0 bridgehead atoms. The van der Waals surface area contributed by atoms with E-state index in [0.717, 1.165) is 16.4 Å². The highest BCUT2D eigenvalue weighted by Gasteiger charge is 2.21. The highest BCUT2D eigenvalue weighted by molar-refractivity contribution is 8.00. The van der Waals surface area contributed by atoms with Crippen LogP contribution >= 0.6 is 11.8 Å². The maximum atomic E-state index is 13.8. The van der Waals surface area contributed by atoms with E-state index < -0.39 is 0 Å². The molecule has 1 aromatic carbocycles. The summed E-state index contributed by atoms with van der Waals surface area (Å²) in [5, 5.41) is 0.556. The molecule has 2 N–H and O–H groups in total. The minimum atomic E-state index is -0.115.